The van der Waals surface area contributed by atoms with E-state index in [1.54, 1.807) is 0 Å². The maximum atomic E-state index is 12.8. The second kappa shape index (κ2) is 51.7. The van der Waals surface area contributed by atoms with Crippen molar-refractivity contribution in [3.63, 3.8) is 0 Å². The summed E-state index contributed by atoms with van der Waals surface area (Å²) in [5.74, 6) is -0.907. The molecule has 0 aromatic carbocycles. The first-order valence-corrected chi connectivity index (χ1v) is 26.8. The van der Waals surface area contributed by atoms with Gasteiger partial charge in [-0.3, -0.25) is 14.4 Å². The number of hydrogen-bond donors (Lipinski definition) is 0. The number of carbonyl (C=O) groups excluding carboxylic acids is 3. The zero-order chi connectivity index (χ0) is 45.8. The first-order chi connectivity index (χ1) is 31.0. The first-order valence-electron chi connectivity index (χ1n) is 26.8. The van der Waals surface area contributed by atoms with E-state index < -0.39 is 6.10 Å². The topological polar surface area (TPSA) is 78.9 Å². The van der Waals surface area contributed by atoms with Crippen LogP contribution in [-0.4, -0.2) is 37.2 Å². The van der Waals surface area contributed by atoms with E-state index in [4.69, 9.17) is 14.2 Å². The lowest BCUT2D eigenvalue weighted by molar-refractivity contribution is -0.167. The summed E-state index contributed by atoms with van der Waals surface area (Å²) in [7, 11) is 0. The Hall–Kier alpha value is -2.89. The summed E-state index contributed by atoms with van der Waals surface area (Å²) in [5.41, 5.74) is 0. The van der Waals surface area contributed by atoms with Gasteiger partial charge in [-0.2, -0.15) is 0 Å². The van der Waals surface area contributed by atoms with E-state index in [1.807, 2.05) is 0 Å². The van der Waals surface area contributed by atoms with Gasteiger partial charge in [-0.15, -0.1) is 0 Å². The van der Waals surface area contributed by atoms with Crippen LogP contribution in [0.2, 0.25) is 0 Å². The van der Waals surface area contributed by atoms with Crippen LogP contribution in [-0.2, 0) is 28.6 Å². The zero-order valence-electron chi connectivity index (χ0n) is 41.6. The smallest absolute Gasteiger partial charge is 0.306 e. The second-order valence-corrected chi connectivity index (χ2v) is 17.8. The normalized spacial score (nSPS) is 12.5. The highest BCUT2D eigenvalue weighted by Crippen LogP contribution is 2.15. The molecule has 0 amide bonds. The summed E-state index contributed by atoms with van der Waals surface area (Å²) in [6.45, 7) is 6.49. The summed E-state index contributed by atoms with van der Waals surface area (Å²) in [4.78, 5) is 38.0. The Kier molecular flexibility index (Phi) is 49.4. The van der Waals surface area contributed by atoms with E-state index in [-0.39, 0.29) is 31.1 Å². The van der Waals surface area contributed by atoms with Crippen molar-refractivity contribution >= 4 is 17.9 Å². The van der Waals surface area contributed by atoms with E-state index in [0.717, 1.165) is 122 Å². The van der Waals surface area contributed by atoms with Gasteiger partial charge in [0.2, 0.25) is 0 Å². The number of esters is 3. The van der Waals surface area contributed by atoms with Gasteiger partial charge in [0.15, 0.2) is 6.10 Å². The molecular weight excluding hydrogens is 781 g/mol. The number of allylic oxidation sites excluding steroid dienone is 10. The maximum absolute atomic E-state index is 12.8. The van der Waals surface area contributed by atoms with E-state index in [9.17, 15) is 14.4 Å². The Morgan fingerprint density at radius 1 is 0.333 bits per heavy atom. The van der Waals surface area contributed by atoms with Gasteiger partial charge in [0.25, 0.3) is 0 Å². The van der Waals surface area contributed by atoms with Crippen molar-refractivity contribution in [3.05, 3.63) is 60.8 Å². The molecular formula is C57H100O6. The van der Waals surface area contributed by atoms with Gasteiger partial charge < -0.3 is 14.2 Å². The highest BCUT2D eigenvalue weighted by molar-refractivity contribution is 5.71. The minimum Gasteiger partial charge on any atom is -0.462 e. The van der Waals surface area contributed by atoms with Crippen LogP contribution in [0.4, 0.5) is 0 Å². The lowest BCUT2D eigenvalue weighted by atomic mass is 10.0. The number of unbranched alkanes of at least 4 members (excludes halogenated alkanes) is 27. The third-order valence-corrected chi connectivity index (χ3v) is 11.5. The largest absolute Gasteiger partial charge is 0.462 e. The Morgan fingerprint density at radius 2 is 0.619 bits per heavy atom. The van der Waals surface area contributed by atoms with Crippen LogP contribution in [0.15, 0.2) is 60.8 Å². The number of hydrogen-bond acceptors (Lipinski definition) is 6. The molecule has 6 heteroatoms. The van der Waals surface area contributed by atoms with Crippen LogP contribution < -0.4 is 0 Å². The molecule has 63 heavy (non-hydrogen) atoms. The van der Waals surface area contributed by atoms with Crippen molar-refractivity contribution in [2.45, 2.75) is 271 Å². The highest BCUT2D eigenvalue weighted by atomic mass is 16.6. The summed E-state index contributed by atoms with van der Waals surface area (Å²) in [6, 6.07) is 0. The number of rotatable bonds is 48. The molecule has 364 valence electrons. The molecule has 0 fully saturated rings. The van der Waals surface area contributed by atoms with Crippen LogP contribution in [0.25, 0.3) is 0 Å². The van der Waals surface area contributed by atoms with Gasteiger partial charge in [0.05, 0.1) is 0 Å². The minimum absolute atomic E-state index is 0.0835. The van der Waals surface area contributed by atoms with Gasteiger partial charge in [-0.05, 0) is 83.5 Å². The minimum atomic E-state index is -0.786. The standard InChI is InChI=1S/C57H100O6/c1-4-7-10-13-16-19-22-25-28-31-34-37-40-43-46-49-55(58)61-52-54(63-57(60)51-48-45-42-39-36-33-30-27-24-21-18-15-12-9-6-3)53-62-56(59)50-47-44-41-38-35-32-29-26-23-20-17-14-11-8-5-2/h7,10,16,18-19,21,25,27-28,30,54H,4-6,8-9,11-15,17,20,22-24,26,29,31-53H2,1-3H3/b10-7-,19-16-,21-18-,28-25-,30-27-. The molecule has 0 aliphatic carbocycles. The lowest BCUT2D eigenvalue weighted by Crippen LogP contribution is -2.30. The van der Waals surface area contributed by atoms with Crippen LogP contribution >= 0.6 is 0 Å². The van der Waals surface area contributed by atoms with Crippen molar-refractivity contribution in [2.24, 2.45) is 0 Å². The quantitative estimate of drug-likeness (QED) is 0.0262. The molecule has 1 atom stereocenters. The van der Waals surface area contributed by atoms with Gasteiger partial charge in [-0.25, -0.2) is 0 Å². The Balaban J connectivity index is 4.41. The van der Waals surface area contributed by atoms with Gasteiger partial charge in [-0.1, -0.05) is 223 Å². The Labute approximate surface area is 390 Å². The van der Waals surface area contributed by atoms with Crippen molar-refractivity contribution in [1.29, 1.82) is 0 Å². The predicted octanol–water partition coefficient (Wildman–Crippen LogP) is 17.6. The average molecular weight is 881 g/mol. The maximum Gasteiger partial charge on any atom is 0.306 e. The molecule has 6 nitrogen and oxygen atoms in total. The fourth-order valence-electron chi connectivity index (χ4n) is 7.49. The molecule has 0 rings (SSSR count). The van der Waals surface area contributed by atoms with E-state index >= 15 is 0 Å². The zero-order valence-corrected chi connectivity index (χ0v) is 41.6. The summed E-state index contributed by atoms with van der Waals surface area (Å²) < 4.78 is 16.8. The fraction of sp³-hybridized carbons (Fsp3) is 0.772. The van der Waals surface area contributed by atoms with E-state index in [0.29, 0.717) is 19.3 Å². The molecule has 0 aliphatic heterocycles. The third-order valence-electron chi connectivity index (χ3n) is 11.5. The highest BCUT2D eigenvalue weighted by Gasteiger charge is 2.19. The first kappa shape index (κ1) is 60.1. The van der Waals surface area contributed by atoms with Crippen LogP contribution in [0, 0.1) is 0 Å². The van der Waals surface area contributed by atoms with Crippen molar-refractivity contribution < 1.29 is 28.6 Å². The van der Waals surface area contributed by atoms with Crippen LogP contribution in [0.5, 0.6) is 0 Å². The SMILES string of the molecule is CC/C=C\C/C=C\C/C=C\CCCCCCCC(=O)OCC(COC(=O)CCCCCCCCCCCCCCCCC)OC(=O)CCCCCCC/C=C\C/C=C\CCCCC. The molecule has 1 unspecified atom stereocenters. The molecule has 0 spiro atoms. The summed E-state index contributed by atoms with van der Waals surface area (Å²) >= 11 is 0. The molecule has 0 saturated carbocycles. The van der Waals surface area contributed by atoms with E-state index in [2.05, 4.69) is 81.5 Å². The summed E-state index contributed by atoms with van der Waals surface area (Å²) in [5, 5.41) is 0. The predicted molar refractivity (Wildman–Crippen MR) is 270 cm³/mol. The number of carbonyl (C=O) groups is 3. The van der Waals surface area contributed by atoms with Crippen LogP contribution in [0.1, 0.15) is 265 Å². The third kappa shape index (κ3) is 50.0. The van der Waals surface area contributed by atoms with Crippen molar-refractivity contribution in [2.75, 3.05) is 13.2 Å². The molecule has 0 bridgehead atoms. The average Bonchev–Trinajstić information content (AvgIpc) is 3.28. The van der Waals surface area contributed by atoms with Gasteiger partial charge in [0.1, 0.15) is 13.2 Å². The molecule has 0 N–H and O–H groups in total. The molecule has 0 radical (unpaired) electrons. The van der Waals surface area contributed by atoms with Crippen LogP contribution in [0.3, 0.4) is 0 Å². The van der Waals surface area contributed by atoms with Gasteiger partial charge >= 0.3 is 17.9 Å². The lowest BCUT2D eigenvalue weighted by Gasteiger charge is -2.18. The molecule has 0 aliphatic rings. The fourth-order valence-corrected chi connectivity index (χ4v) is 7.49. The molecule has 0 saturated heterocycles. The Morgan fingerprint density at radius 3 is 1.00 bits per heavy atom. The van der Waals surface area contributed by atoms with Crippen molar-refractivity contribution in [1.82, 2.24) is 0 Å². The van der Waals surface area contributed by atoms with E-state index in [1.165, 1.54) is 103 Å². The molecule has 0 aromatic heterocycles. The molecule has 0 heterocycles. The van der Waals surface area contributed by atoms with Crippen molar-refractivity contribution in [3.8, 4) is 0 Å². The second-order valence-electron chi connectivity index (χ2n) is 17.8. The molecule has 0 aromatic rings. The monoisotopic (exact) mass is 881 g/mol. The number of ether oxygens (including phenoxy) is 3. The van der Waals surface area contributed by atoms with Gasteiger partial charge in [0, 0.05) is 19.3 Å². The Bertz CT molecular complexity index is 1150. The summed E-state index contributed by atoms with van der Waals surface area (Å²) in [6.07, 6.45) is 63.4.